The highest BCUT2D eigenvalue weighted by molar-refractivity contribution is 5.87. The molecule has 0 amide bonds. The van der Waals surface area contributed by atoms with Crippen molar-refractivity contribution in [2.24, 2.45) is 0 Å². The Labute approximate surface area is 209 Å². The predicted molar refractivity (Wildman–Crippen MR) is 132 cm³/mol. The fourth-order valence-corrected chi connectivity index (χ4v) is 4.03. The maximum absolute atomic E-state index is 13.5. The summed E-state index contributed by atoms with van der Waals surface area (Å²) in [4.78, 5) is 13.3. The van der Waals surface area contributed by atoms with Crippen LogP contribution < -0.4 is 5.32 Å². The van der Waals surface area contributed by atoms with Gasteiger partial charge in [-0.3, -0.25) is 4.90 Å². The van der Waals surface area contributed by atoms with Gasteiger partial charge in [0.25, 0.3) is 0 Å². The van der Waals surface area contributed by atoms with Crippen LogP contribution in [0.15, 0.2) is 65.2 Å². The van der Waals surface area contributed by atoms with Gasteiger partial charge < -0.3 is 19.9 Å². The molecule has 0 saturated heterocycles. The largest absolute Gasteiger partial charge is 0.493 e. The molecule has 0 radical (unpaired) electrons. The molecule has 0 aromatic heterocycles. The Bertz CT molecular complexity index is 1070. The van der Waals surface area contributed by atoms with Crippen molar-refractivity contribution in [3.05, 3.63) is 76.3 Å². The number of halogens is 3. The third kappa shape index (κ3) is 7.91. The average Bonchev–Trinajstić information content (AvgIpc) is 2.82. The van der Waals surface area contributed by atoms with Crippen molar-refractivity contribution in [3.8, 4) is 0 Å². The predicted octanol–water partition coefficient (Wildman–Crippen LogP) is 5.89. The first-order valence-corrected chi connectivity index (χ1v) is 12.0. The lowest BCUT2D eigenvalue weighted by Crippen LogP contribution is -2.34. The first-order valence-electron chi connectivity index (χ1n) is 12.0. The molecular weight excluding hydrogens is 473 g/mol. The molecule has 0 fully saturated rings. The molecule has 2 aliphatic rings. The van der Waals surface area contributed by atoms with E-state index in [0.717, 1.165) is 18.2 Å². The Morgan fingerprint density at radius 1 is 1.31 bits per heavy atom. The number of hydrogen-bond acceptors (Lipinski definition) is 5. The summed E-state index contributed by atoms with van der Waals surface area (Å²) in [7, 11) is 0. The van der Waals surface area contributed by atoms with E-state index < -0.39 is 17.7 Å². The van der Waals surface area contributed by atoms with Gasteiger partial charge in [-0.15, -0.1) is 0 Å². The fourth-order valence-electron chi connectivity index (χ4n) is 4.03. The molecule has 0 unspecified atom stereocenters. The van der Waals surface area contributed by atoms with Crippen LogP contribution in [0, 0.1) is 0 Å². The van der Waals surface area contributed by atoms with Crippen LogP contribution in [0.5, 0.6) is 0 Å². The zero-order valence-corrected chi connectivity index (χ0v) is 20.8. The Hall–Kier alpha value is -3.20. The minimum atomic E-state index is -4.47. The monoisotopic (exact) mass is 506 g/mol. The van der Waals surface area contributed by atoms with Crippen molar-refractivity contribution in [2.75, 3.05) is 31.6 Å². The van der Waals surface area contributed by atoms with Crippen molar-refractivity contribution in [3.63, 3.8) is 0 Å². The summed E-state index contributed by atoms with van der Waals surface area (Å²) in [6, 6.07) is 4.04. The summed E-state index contributed by atoms with van der Waals surface area (Å²) in [5, 5.41) is 12.0. The molecule has 2 aliphatic heterocycles. The Morgan fingerprint density at radius 3 is 2.69 bits per heavy atom. The normalized spacial score (nSPS) is 18.5. The molecule has 0 aliphatic carbocycles. The van der Waals surface area contributed by atoms with Crippen molar-refractivity contribution >= 4 is 11.7 Å². The van der Waals surface area contributed by atoms with Crippen molar-refractivity contribution in [1.82, 2.24) is 4.90 Å². The van der Waals surface area contributed by atoms with E-state index in [1.807, 2.05) is 0 Å². The van der Waals surface area contributed by atoms with Crippen LogP contribution in [0.3, 0.4) is 0 Å². The number of carboxylic acid groups (broad SMARTS) is 1. The minimum Gasteiger partial charge on any atom is -0.493 e. The number of carbonyl (C=O) groups is 1. The molecule has 3 rings (SSSR count). The van der Waals surface area contributed by atoms with Gasteiger partial charge in [-0.05, 0) is 56.5 Å². The zero-order valence-electron chi connectivity index (χ0n) is 20.8. The quantitative estimate of drug-likeness (QED) is 0.321. The van der Waals surface area contributed by atoms with E-state index in [0.29, 0.717) is 55.2 Å². The second kappa shape index (κ2) is 12.2. The van der Waals surface area contributed by atoms with E-state index >= 15 is 0 Å². The number of allylic oxidation sites excluding steroid dienone is 3. The minimum absolute atomic E-state index is 0.00995. The first kappa shape index (κ1) is 27.4. The third-order valence-corrected chi connectivity index (χ3v) is 5.79. The van der Waals surface area contributed by atoms with Crippen LogP contribution in [0.1, 0.15) is 44.7 Å². The number of aliphatic carboxylic acids is 1. The van der Waals surface area contributed by atoms with Gasteiger partial charge in [-0.1, -0.05) is 18.2 Å². The smallest absolute Gasteiger partial charge is 0.418 e. The van der Waals surface area contributed by atoms with Gasteiger partial charge in [0.05, 0.1) is 5.56 Å². The molecule has 0 atom stereocenters. The number of nitrogens with one attached hydrogen (secondary N) is 1. The molecule has 2 heterocycles. The lowest BCUT2D eigenvalue weighted by molar-refractivity contribution is -0.137. The molecule has 36 heavy (non-hydrogen) atoms. The number of nitrogens with zero attached hydrogens (tertiary/aromatic N) is 1. The van der Waals surface area contributed by atoms with Crippen molar-refractivity contribution in [2.45, 2.75) is 52.4 Å². The highest BCUT2D eigenvalue weighted by Crippen LogP contribution is 2.36. The van der Waals surface area contributed by atoms with E-state index in [9.17, 15) is 23.1 Å². The van der Waals surface area contributed by atoms with Crippen LogP contribution in [-0.2, 0) is 27.1 Å². The molecule has 196 valence electrons. The molecule has 0 bridgehead atoms. The summed E-state index contributed by atoms with van der Waals surface area (Å²) >= 11 is 0. The molecule has 6 nitrogen and oxygen atoms in total. The van der Waals surface area contributed by atoms with Crippen LogP contribution in [0.2, 0.25) is 0 Å². The van der Waals surface area contributed by atoms with Crippen LogP contribution in [0.25, 0.3) is 0 Å². The number of hydrogen-bond donors (Lipinski definition) is 2. The molecule has 2 N–H and O–H groups in total. The van der Waals surface area contributed by atoms with Crippen molar-refractivity contribution < 1.29 is 32.5 Å². The summed E-state index contributed by atoms with van der Waals surface area (Å²) < 4.78 is 52.2. The Kier molecular flexibility index (Phi) is 9.25. The van der Waals surface area contributed by atoms with Crippen LogP contribution in [0.4, 0.5) is 18.9 Å². The third-order valence-electron chi connectivity index (χ3n) is 5.79. The summed E-state index contributed by atoms with van der Waals surface area (Å²) in [6.07, 6.45) is 4.12. The van der Waals surface area contributed by atoms with E-state index in [2.05, 4.69) is 16.3 Å². The van der Waals surface area contributed by atoms with Gasteiger partial charge >= 0.3 is 12.1 Å². The summed E-state index contributed by atoms with van der Waals surface area (Å²) in [6.45, 7) is 7.61. The van der Waals surface area contributed by atoms with Crippen molar-refractivity contribution in [1.29, 1.82) is 0 Å². The van der Waals surface area contributed by atoms with Gasteiger partial charge in [-0.2, -0.15) is 13.2 Å². The zero-order chi connectivity index (χ0) is 26.3. The maximum Gasteiger partial charge on any atom is 0.418 e. The summed E-state index contributed by atoms with van der Waals surface area (Å²) in [5.41, 5.74) is 1.24. The number of rotatable bonds is 9. The van der Waals surface area contributed by atoms with E-state index in [1.54, 1.807) is 45.1 Å². The van der Waals surface area contributed by atoms with Gasteiger partial charge in [0.1, 0.15) is 24.7 Å². The van der Waals surface area contributed by atoms with E-state index in [-0.39, 0.29) is 18.3 Å². The molecular formula is C27H33F3N2O4. The van der Waals surface area contributed by atoms with Crippen LogP contribution in [-0.4, -0.2) is 48.3 Å². The number of anilines is 1. The molecule has 0 saturated carbocycles. The molecule has 1 aromatic rings. The van der Waals surface area contributed by atoms with E-state index in [4.69, 9.17) is 9.47 Å². The first-order chi connectivity index (χ1) is 17.0. The molecule has 0 spiro atoms. The molecule has 9 heteroatoms. The Balaban J connectivity index is 1.58. The van der Waals surface area contributed by atoms with Gasteiger partial charge in [0.2, 0.25) is 0 Å². The second-order valence-electron chi connectivity index (χ2n) is 9.16. The topological polar surface area (TPSA) is 71.0 Å². The van der Waals surface area contributed by atoms with Gasteiger partial charge in [0.15, 0.2) is 0 Å². The molecule has 1 aromatic carbocycles. The van der Waals surface area contributed by atoms with Crippen LogP contribution >= 0.6 is 0 Å². The number of ether oxygens (including phenoxy) is 2. The van der Waals surface area contributed by atoms with Gasteiger partial charge in [-0.25, -0.2) is 4.79 Å². The Morgan fingerprint density at radius 2 is 2.08 bits per heavy atom. The maximum atomic E-state index is 13.5. The van der Waals surface area contributed by atoms with E-state index in [1.165, 1.54) is 6.07 Å². The SMILES string of the molecule is C/C=C(\C=C1/CC=C(CN2CCC=C(C(=O)O)C2)CO1)OCc1ccc(NC(C)C)c(C(F)(F)F)c1. The highest BCUT2D eigenvalue weighted by Gasteiger charge is 2.34. The number of benzene rings is 1. The lowest BCUT2D eigenvalue weighted by Gasteiger charge is -2.28. The summed E-state index contributed by atoms with van der Waals surface area (Å²) in [5.74, 6) is 0.326. The number of carboxylic acids is 1. The lowest BCUT2D eigenvalue weighted by atomic mass is 10.1. The highest BCUT2D eigenvalue weighted by atomic mass is 19.4. The average molecular weight is 507 g/mol. The standard InChI is InChI=1S/C27H33F3N2O4/c1-4-22(35-16-19-8-10-25(31-18(2)3)24(12-19)27(28,29)30)13-23-9-7-20(17-36-23)14-32-11-5-6-21(15-32)26(33)34/h4,6-8,10,12-13,18,31H,5,9,11,14-17H2,1-3H3,(H,33,34)/b22-4+,23-13+. The second-order valence-corrected chi connectivity index (χ2v) is 9.16. The van der Waals surface area contributed by atoms with Gasteiger partial charge in [0, 0.05) is 49.4 Å². The number of alkyl halides is 3. The fraction of sp³-hybridized carbons (Fsp3) is 0.444.